The van der Waals surface area contributed by atoms with Crippen LogP contribution < -0.4 is 15.2 Å². The van der Waals surface area contributed by atoms with E-state index >= 15 is 0 Å². The maximum Gasteiger partial charge on any atom is 0.231 e. The first-order valence-electron chi connectivity index (χ1n) is 8.41. The molecule has 5 heteroatoms. The van der Waals surface area contributed by atoms with Gasteiger partial charge in [0.1, 0.15) is 0 Å². The van der Waals surface area contributed by atoms with E-state index in [0.29, 0.717) is 19.3 Å². The minimum Gasteiger partial charge on any atom is -0.454 e. The van der Waals surface area contributed by atoms with E-state index in [2.05, 4.69) is 42.8 Å². The van der Waals surface area contributed by atoms with Crippen LogP contribution in [0.15, 0.2) is 23.2 Å². The number of fused-ring (bicyclic) bond motifs is 1. The zero-order chi connectivity index (χ0) is 16.4. The fraction of sp³-hybridized carbons (Fsp3) is 0.611. The molecule has 1 aromatic carbocycles. The number of hydrogen-bond donors (Lipinski definition) is 1. The van der Waals surface area contributed by atoms with Crippen molar-refractivity contribution < 1.29 is 9.47 Å². The van der Waals surface area contributed by atoms with Gasteiger partial charge in [-0.2, -0.15) is 0 Å². The number of ether oxygens (including phenoxy) is 2. The number of nitrogens with two attached hydrogens (primary N) is 1. The van der Waals surface area contributed by atoms with Gasteiger partial charge in [-0.15, -0.1) is 0 Å². The molecule has 0 radical (unpaired) electrons. The second-order valence-electron chi connectivity index (χ2n) is 7.30. The van der Waals surface area contributed by atoms with Gasteiger partial charge >= 0.3 is 0 Å². The molecule has 0 amide bonds. The Morgan fingerprint density at radius 2 is 1.96 bits per heavy atom. The molecule has 126 valence electrons. The van der Waals surface area contributed by atoms with Gasteiger partial charge in [0.05, 0.1) is 6.54 Å². The van der Waals surface area contributed by atoms with Crippen molar-refractivity contribution >= 4 is 5.96 Å². The lowest BCUT2D eigenvalue weighted by Crippen LogP contribution is -2.43. The molecular weight excluding hydrogens is 290 g/mol. The van der Waals surface area contributed by atoms with Crippen LogP contribution in [0.25, 0.3) is 0 Å². The number of hydrogen-bond acceptors (Lipinski definition) is 3. The van der Waals surface area contributed by atoms with Crippen LogP contribution >= 0.6 is 0 Å². The highest BCUT2D eigenvalue weighted by molar-refractivity contribution is 5.78. The van der Waals surface area contributed by atoms with Crippen LogP contribution in [0.2, 0.25) is 0 Å². The quantitative estimate of drug-likeness (QED) is 0.688. The molecule has 2 heterocycles. The summed E-state index contributed by atoms with van der Waals surface area (Å²) in [6.07, 6.45) is 2.39. The second-order valence-corrected chi connectivity index (χ2v) is 7.30. The molecule has 0 aliphatic carbocycles. The third kappa shape index (κ3) is 3.54. The van der Waals surface area contributed by atoms with Crippen LogP contribution in [0, 0.1) is 5.92 Å². The molecule has 0 atom stereocenters. The van der Waals surface area contributed by atoms with Gasteiger partial charge in [0.15, 0.2) is 17.5 Å². The van der Waals surface area contributed by atoms with Crippen LogP contribution in [-0.2, 0) is 5.41 Å². The first kappa shape index (κ1) is 16.0. The van der Waals surface area contributed by atoms with Gasteiger partial charge in [-0.25, -0.2) is 0 Å². The summed E-state index contributed by atoms with van der Waals surface area (Å²) in [5.41, 5.74) is 7.28. The predicted octanol–water partition coefficient (Wildman–Crippen LogP) is 2.74. The lowest BCUT2D eigenvalue weighted by atomic mass is 9.84. The van der Waals surface area contributed by atoms with Gasteiger partial charge in [-0.1, -0.05) is 26.8 Å². The van der Waals surface area contributed by atoms with Gasteiger partial charge in [-0.3, -0.25) is 4.99 Å². The van der Waals surface area contributed by atoms with Crippen molar-refractivity contribution in [2.24, 2.45) is 16.6 Å². The summed E-state index contributed by atoms with van der Waals surface area (Å²) in [7, 11) is 0. The SMILES string of the molecule is CC1CCN(C(N)=NCC(C)(C)c2ccc3c(c2)OCO3)CC1. The highest BCUT2D eigenvalue weighted by Crippen LogP contribution is 2.36. The number of benzene rings is 1. The number of aliphatic imine (C=N–C) groups is 1. The summed E-state index contributed by atoms with van der Waals surface area (Å²) in [5, 5.41) is 0. The predicted molar refractivity (Wildman–Crippen MR) is 92.1 cm³/mol. The molecular formula is C18H27N3O2. The topological polar surface area (TPSA) is 60.1 Å². The normalized spacial score (nSPS) is 19.3. The number of nitrogens with zero attached hydrogens (tertiary/aromatic N) is 2. The molecule has 2 aliphatic rings. The average Bonchev–Trinajstić information content (AvgIpc) is 3.01. The van der Waals surface area contributed by atoms with Crippen LogP contribution in [0.4, 0.5) is 0 Å². The highest BCUT2D eigenvalue weighted by atomic mass is 16.7. The molecule has 3 rings (SSSR count). The van der Waals surface area contributed by atoms with Crippen LogP contribution in [-0.4, -0.2) is 37.3 Å². The van der Waals surface area contributed by atoms with E-state index in [9.17, 15) is 0 Å². The van der Waals surface area contributed by atoms with Crippen molar-refractivity contribution in [2.75, 3.05) is 26.4 Å². The van der Waals surface area contributed by atoms with Crippen LogP contribution in [0.1, 0.15) is 39.2 Å². The van der Waals surface area contributed by atoms with Gasteiger partial charge in [0.25, 0.3) is 0 Å². The Kier molecular flexibility index (Phi) is 4.37. The number of piperidine rings is 1. The molecule has 0 bridgehead atoms. The Labute approximate surface area is 138 Å². The lowest BCUT2D eigenvalue weighted by molar-refractivity contribution is 0.174. The molecule has 0 spiro atoms. The summed E-state index contributed by atoms with van der Waals surface area (Å²) >= 11 is 0. The molecule has 1 aromatic rings. The smallest absolute Gasteiger partial charge is 0.231 e. The third-order valence-electron chi connectivity index (χ3n) is 4.90. The van der Waals surface area contributed by atoms with E-state index in [4.69, 9.17) is 15.2 Å². The Hall–Kier alpha value is -1.91. The van der Waals surface area contributed by atoms with Crippen molar-refractivity contribution in [1.82, 2.24) is 4.90 Å². The van der Waals surface area contributed by atoms with E-state index in [1.807, 2.05) is 6.07 Å². The molecule has 23 heavy (non-hydrogen) atoms. The Morgan fingerprint density at radius 1 is 1.26 bits per heavy atom. The first-order chi connectivity index (χ1) is 11.0. The number of likely N-dealkylation sites (tertiary alicyclic amines) is 1. The molecule has 0 aromatic heterocycles. The Morgan fingerprint density at radius 3 is 2.70 bits per heavy atom. The van der Waals surface area contributed by atoms with Gasteiger partial charge in [-0.05, 0) is 36.5 Å². The average molecular weight is 317 g/mol. The van der Waals surface area contributed by atoms with Gasteiger partial charge in [0.2, 0.25) is 6.79 Å². The molecule has 2 N–H and O–H groups in total. The van der Waals surface area contributed by atoms with Crippen molar-refractivity contribution in [2.45, 2.75) is 39.0 Å². The minimum atomic E-state index is -0.103. The number of guanidine groups is 1. The second kappa shape index (κ2) is 6.30. The summed E-state index contributed by atoms with van der Waals surface area (Å²) in [6.45, 7) is 9.65. The summed E-state index contributed by atoms with van der Waals surface area (Å²) in [4.78, 5) is 6.87. The van der Waals surface area contributed by atoms with Gasteiger partial charge < -0.3 is 20.1 Å². The van der Waals surface area contributed by atoms with Crippen molar-refractivity contribution in [3.63, 3.8) is 0 Å². The minimum absolute atomic E-state index is 0.103. The van der Waals surface area contributed by atoms with E-state index in [1.54, 1.807) is 0 Å². The van der Waals surface area contributed by atoms with E-state index in [0.717, 1.165) is 30.5 Å². The van der Waals surface area contributed by atoms with Crippen LogP contribution in [0.3, 0.4) is 0 Å². The maximum atomic E-state index is 6.20. The zero-order valence-corrected chi connectivity index (χ0v) is 14.3. The largest absolute Gasteiger partial charge is 0.454 e. The molecule has 1 saturated heterocycles. The van der Waals surface area contributed by atoms with E-state index in [-0.39, 0.29) is 5.41 Å². The molecule has 5 nitrogen and oxygen atoms in total. The fourth-order valence-electron chi connectivity index (χ4n) is 3.03. The standard InChI is InChI=1S/C18H27N3O2/c1-13-6-8-21(9-7-13)17(19)20-11-18(2,3)14-4-5-15-16(10-14)23-12-22-15/h4-5,10,13H,6-9,11-12H2,1-3H3,(H2,19,20). The Bertz CT molecular complexity index is 590. The molecule has 0 unspecified atom stereocenters. The fourth-order valence-corrected chi connectivity index (χ4v) is 3.03. The summed E-state index contributed by atoms with van der Waals surface area (Å²) < 4.78 is 10.8. The highest BCUT2D eigenvalue weighted by Gasteiger charge is 2.25. The van der Waals surface area contributed by atoms with Crippen molar-refractivity contribution in [3.05, 3.63) is 23.8 Å². The monoisotopic (exact) mass is 317 g/mol. The van der Waals surface area contributed by atoms with E-state index < -0.39 is 0 Å². The Balaban J connectivity index is 1.67. The summed E-state index contributed by atoms with van der Waals surface area (Å²) in [6, 6.07) is 6.11. The lowest BCUT2D eigenvalue weighted by Gasteiger charge is -2.32. The molecule has 1 fully saturated rings. The number of rotatable bonds is 3. The summed E-state index contributed by atoms with van der Waals surface area (Å²) in [5.74, 6) is 3.10. The first-order valence-corrected chi connectivity index (χ1v) is 8.41. The van der Waals surface area contributed by atoms with Crippen molar-refractivity contribution in [1.29, 1.82) is 0 Å². The van der Waals surface area contributed by atoms with Crippen LogP contribution in [0.5, 0.6) is 11.5 Å². The molecule has 0 saturated carbocycles. The maximum absolute atomic E-state index is 6.20. The van der Waals surface area contributed by atoms with E-state index in [1.165, 1.54) is 18.4 Å². The third-order valence-corrected chi connectivity index (χ3v) is 4.90. The molecule has 2 aliphatic heterocycles. The zero-order valence-electron chi connectivity index (χ0n) is 14.3. The van der Waals surface area contributed by atoms with Crippen molar-refractivity contribution in [3.8, 4) is 11.5 Å². The van der Waals surface area contributed by atoms with Gasteiger partial charge in [0, 0.05) is 18.5 Å².